The molecule has 2 atom stereocenters. The summed E-state index contributed by atoms with van der Waals surface area (Å²) in [5.74, 6) is 0.788. The van der Waals surface area contributed by atoms with Crippen LogP contribution >= 0.6 is 0 Å². The van der Waals surface area contributed by atoms with Crippen LogP contribution in [0.1, 0.15) is 6.42 Å². The molecule has 1 aliphatic heterocycles. The molecule has 2 N–H and O–H groups in total. The van der Waals surface area contributed by atoms with Crippen LogP contribution < -0.4 is 5.73 Å². The lowest BCUT2D eigenvalue weighted by Crippen LogP contribution is -2.52. The lowest BCUT2D eigenvalue weighted by atomic mass is 10.0. The topological polar surface area (TPSA) is 46.3 Å². The average molecular weight is 176 g/mol. The highest BCUT2D eigenvalue weighted by molar-refractivity contribution is 7.84. The Labute approximate surface area is 70.4 Å². The van der Waals surface area contributed by atoms with E-state index in [4.69, 9.17) is 5.73 Å². The fraction of sp³-hybridized carbons (Fsp3) is 1.00. The Morgan fingerprint density at radius 1 is 1.73 bits per heavy atom. The standard InChI is InChI=1S/C7H16N2OS/c1-11(10)5-4-9-3-2-7(9)6-8/h7H,2-6,8H2,1H3. The van der Waals surface area contributed by atoms with Gasteiger partial charge in [0.2, 0.25) is 0 Å². The lowest BCUT2D eigenvalue weighted by Gasteiger charge is -2.40. The van der Waals surface area contributed by atoms with E-state index in [-0.39, 0.29) is 0 Å². The Balaban J connectivity index is 2.12. The molecule has 0 amide bonds. The number of hydrogen-bond acceptors (Lipinski definition) is 3. The minimum Gasteiger partial charge on any atom is -0.329 e. The molecule has 1 saturated heterocycles. The van der Waals surface area contributed by atoms with Crippen molar-refractivity contribution in [3.8, 4) is 0 Å². The summed E-state index contributed by atoms with van der Waals surface area (Å²) in [5, 5.41) is 0. The van der Waals surface area contributed by atoms with Gasteiger partial charge in [0.15, 0.2) is 0 Å². The first-order valence-corrected chi connectivity index (χ1v) is 5.71. The summed E-state index contributed by atoms with van der Waals surface area (Å²) in [6.45, 7) is 2.83. The van der Waals surface area contributed by atoms with Gasteiger partial charge < -0.3 is 5.73 Å². The molecule has 2 unspecified atom stereocenters. The van der Waals surface area contributed by atoms with Crippen molar-refractivity contribution in [1.29, 1.82) is 0 Å². The van der Waals surface area contributed by atoms with Gasteiger partial charge in [-0.2, -0.15) is 0 Å². The van der Waals surface area contributed by atoms with Gasteiger partial charge in [0.25, 0.3) is 0 Å². The number of hydrogen-bond donors (Lipinski definition) is 1. The summed E-state index contributed by atoms with van der Waals surface area (Å²) in [6.07, 6.45) is 2.96. The maximum absolute atomic E-state index is 10.7. The van der Waals surface area contributed by atoms with Gasteiger partial charge in [-0.05, 0) is 6.42 Å². The smallest absolute Gasteiger partial charge is 0.0359 e. The van der Waals surface area contributed by atoms with Crippen LogP contribution in [0.25, 0.3) is 0 Å². The lowest BCUT2D eigenvalue weighted by molar-refractivity contribution is 0.106. The Hall–Kier alpha value is 0.0700. The zero-order valence-electron chi connectivity index (χ0n) is 6.95. The van der Waals surface area contributed by atoms with E-state index in [0.717, 1.165) is 25.4 Å². The molecule has 66 valence electrons. The number of nitrogens with zero attached hydrogens (tertiary/aromatic N) is 1. The number of nitrogens with two attached hydrogens (primary N) is 1. The molecule has 0 aromatic heterocycles. The Morgan fingerprint density at radius 2 is 2.45 bits per heavy atom. The van der Waals surface area contributed by atoms with Crippen LogP contribution in [0.3, 0.4) is 0 Å². The van der Waals surface area contributed by atoms with Gasteiger partial charge in [0.1, 0.15) is 0 Å². The van der Waals surface area contributed by atoms with Crippen molar-refractivity contribution < 1.29 is 4.21 Å². The Bertz CT molecular complexity index is 149. The fourth-order valence-corrected chi connectivity index (χ4v) is 1.79. The predicted molar refractivity (Wildman–Crippen MR) is 48.0 cm³/mol. The van der Waals surface area contributed by atoms with Crippen molar-refractivity contribution in [1.82, 2.24) is 4.90 Å². The quantitative estimate of drug-likeness (QED) is 0.622. The van der Waals surface area contributed by atoms with Gasteiger partial charge in [0.05, 0.1) is 0 Å². The van der Waals surface area contributed by atoms with E-state index in [0.29, 0.717) is 6.04 Å². The van der Waals surface area contributed by atoms with E-state index >= 15 is 0 Å². The summed E-state index contributed by atoms with van der Waals surface area (Å²) in [4.78, 5) is 2.31. The maximum Gasteiger partial charge on any atom is 0.0359 e. The molecule has 11 heavy (non-hydrogen) atoms. The zero-order chi connectivity index (χ0) is 8.27. The maximum atomic E-state index is 10.7. The molecule has 4 heteroatoms. The van der Waals surface area contributed by atoms with E-state index in [1.165, 1.54) is 6.42 Å². The molecule has 0 saturated carbocycles. The van der Waals surface area contributed by atoms with Gasteiger partial charge in [-0.1, -0.05) is 0 Å². The second kappa shape index (κ2) is 4.18. The predicted octanol–water partition coefficient (Wildman–Crippen LogP) is -0.602. The van der Waals surface area contributed by atoms with Gasteiger partial charge in [-0.25, -0.2) is 0 Å². The van der Waals surface area contributed by atoms with E-state index < -0.39 is 10.8 Å². The van der Waals surface area contributed by atoms with Crippen LogP contribution in [-0.4, -0.2) is 46.8 Å². The van der Waals surface area contributed by atoms with Crippen molar-refractivity contribution in [3.63, 3.8) is 0 Å². The minimum atomic E-state index is -0.653. The van der Waals surface area contributed by atoms with Crippen LogP contribution in [0.5, 0.6) is 0 Å². The second-order valence-corrected chi connectivity index (χ2v) is 4.55. The highest BCUT2D eigenvalue weighted by Gasteiger charge is 2.25. The summed E-state index contributed by atoms with van der Waals surface area (Å²) in [7, 11) is -0.653. The van der Waals surface area contributed by atoms with Crippen LogP contribution in [0.2, 0.25) is 0 Å². The normalized spacial score (nSPS) is 28.0. The van der Waals surface area contributed by atoms with Gasteiger partial charge in [-0.3, -0.25) is 9.11 Å². The molecular formula is C7H16N2OS. The van der Waals surface area contributed by atoms with Gasteiger partial charge in [-0.15, -0.1) is 0 Å². The molecule has 0 radical (unpaired) electrons. The molecular weight excluding hydrogens is 160 g/mol. The Kier molecular flexibility index (Phi) is 3.48. The van der Waals surface area contributed by atoms with Crippen molar-refractivity contribution in [2.45, 2.75) is 12.5 Å². The van der Waals surface area contributed by atoms with Gasteiger partial charge >= 0.3 is 0 Å². The van der Waals surface area contributed by atoms with Crippen LogP contribution in [0, 0.1) is 0 Å². The highest BCUT2D eigenvalue weighted by atomic mass is 32.2. The van der Waals surface area contributed by atoms with Crippen molar-refractivity contribution in [2.75, 3.05) is 31.6 Å². The fourth-order valence-electron chi connectivity index (χ4n) is 1.30. The molecule has 1 heterocycles. The van der Waals surface area contributed by atoms with E-state index in [9.17, 15) is 4.21 Å². The first kappa shape index (κ1) is 9.16. The van der Waals surface area contributed by atoms with Crippen LogP contribution in [0.15, 0.2) is 0 Å². The summed E-state index contributed by atoms with van der Waals surface area (Å²) < 4.78 is 10.7. The second-order valence-electron chi connectivity index (χ2n) is 2.99. The third-order valence-corrected chi connectivity index (χ3v) is 2.96. The molecule has 3 nitrogen and oxygen atoms in total. The van der Waals surface area contributed by atoms with E-state index in [1.807, 2.05) is 0 Å². The largest absolute Gasteiger partial charge is 0.329 e. The van der Waals surface area contributed by atoms with E-state index in [1.54, 1.807) is 6.26 Å². The first-order chi connectivity index (χ1) is 5.24. The molecule has 1 fully saturated rings. The molecule has 0 bridgehead atoms. The molecule has 0 aromatic carbocycles. The summed E-state index contributed by atoms with van der Waals surface area (Å²) >= 11 is 0. The third-order valence-electron chi connectivity index (χ3n) is 2.20. The molecule has 0 spiro atoms. The molecule has 0 aliphatic carbocycles. The van der Waals surface area contributed by atoms with Crippen LogP contribution in [-0.2, 0) is 10.8 Å². The highest BCUT2D eigenvalue weighted by Crippen LogP contribution is 2.14. The number of rotatable bonds is 4. The molecule has 1 rings (SSSR count). The SMILES string of the molecule is CS(=O)CCN1CCC1CN. The van der Waals surface area contributed by atoms with E-state index in [2.05, 4.69) is 4.90 Å². The molecule has 1 aliphatic rings. The number of likely N-dealkylation sites (tertiary alicyclic amines) is 1. The van der Waals surface area contributed by atoms with Gasteiger partial charge in [0, 0.05) is 48.5 Å². The Morgan fingerprint density at radius 3 is 2.82 bits per heavy atom. The van der Waals surface area contributed by atoms with Crippen molar-refractivity contribution in [2.24, 2.45) is 5.73 Å². The zero-order valence-corrected chi connectivity index (χ0v) is 7.77. The summed E-state index contributed by atoms with van der Waals surface area (Å²) in [5.41, 5.74) is 5.51. The first-order valence-electron chi connectivity index (χ1n) is 3.98. The minimum absolute atomic E-state index is 0.568. The van der Waals surface area contributed by atoms with Crippen LogP contribution in [0.4, 0.5) is 0 Å². The average Bonchev–Trinajstić information content (AvgIpc) is 1.86. The van der Waals surface area contributed by atoms with Crippen molar-refractivity contribution >= 4 is 10.8 Å². The monoisotopic (exact) mass is 176 g/mol. The third kappa shape index (κ3) is 2.54. The molecule has 0 aromatic rings. The summed E-state index contributed by atoms with van der Waals surface area (Å²) in [6, 6.07) is 0.568. The van der Waals surface area contributed by atoms with Crippen molar-refractivity contribution in [3.05, 3.63) is 0 Å².